The number of thioether (sulfide) groups is 1. The van der Waals surface area contributed by atoms with Crippen LogP contribution in [0.5, 0.6) is 17.2 Å². The predicted octanol–water partition coefficient (Wildman–Crippen LogP) is 4.75. The molecule has 2 aliphatic heterocycles. The lowest BCUT2D eigenvalue weighted by atomic mass is 9.84. The summed E-state index contributed by atoms with van der Waals surface area (Å²) in [6.45, 7) is 8.64. The van der Waals surface area contributed by atoms with Gasteiger partial charge in [-0.15, -0.1) is 0 Å². The lowest BCUT2D eigenvalue weighted by molar-refractivity contribution is -0.118. The van der Waals surface area contributed by atoms with Gasteiger partial charge in [-0.2, -0.15) is 0 Å². The number of rotatable bonds is 5. The maximum atomic E-state index is 11.7. The summed E-state index contributed by atoms with van der Waals surface area (Å²) < 4.78 is 12.4. The molecule has 0 aromatic heterocycles. The fourth-order valence-electron chi connectivity index (χ4n) is 4.02. The maximum Gasteiger partial charge on any atom is 0.286 e. The maximum absolute atomic E-state index is 11.7. The van der Waals surface area contributed by atoms with E-state index in [2.05, 4.69) is 26.1 Å². The van der Waals surface area contributed by atoms with Gasteiger partial charge in [-0.05, 0) is 67.0 Å². The Morgan fingerprint density at radius 2 is 1.94 bits per heavy atom. The Labute approximate surface area is 192 Å². The normalized spacial score (nSPS) is 22.8. The summed E-state index contributed by atoms with van der Waals surface area (Å²) in [6.07, 6.45) is 2.10. The molecule has 6 nitrogen and oxygen atoms in total. The molecule has 0 spiro atoms. The van der Waals surface area contributed by atoms with Crippen molar-refractivity contribution < 1.29 is 24.2 Å². The Morgan fingerprint density at radius 1 is 1.22 bits per heavy atom. The first-order chi connectivity index (χ1) is 15.0. The topological polar surface area (TPSA) is 84.9 Å². The van der Waals surface area contributed by atoms with Crippen molar-refractivity contribution in [1.29, 1.82) is 0 Å². The lowest BCUT2D eigenvalue weighted by Crippen LogP contribution is -2.42. The van der Waals surface area contributed by atoms with Crippen LogP contribution in [-0.4, -0.2) is 33.7 Å². The smallest absolute Gasteiger partial charge is 0.286 e. The van der Waals surface area contributed by atoms with E-state index in [4.69, 9.17) is 9.47 Å². The molecule has 2 heterocycles. The molecular weight excluding hydrogens is 426 g/mol. The van der Waals surface area contributed by atoms with Crippen LogP contribution in [0.25, 0.3) is 0 Å². The number of amides is 2. The van der Waals surface area contributed by atoms with Gasteiger partial charge in [-0.25, -0.2) is 0 Å². The van der Waals surface area contributed by atoms with Gasteiger partial charge in [0.2, 0.25) is 5.91 Å². The third-order valence-electron chi connectivity index (χ3n) is 5.92. The van der Waals surface area contributed by atoms with E-state index < -0.39 is 5.60 Å². The summed E-state index contributed by atoms with van der Waals surface area (Å²) in [5, 5.41) is 12.1. The average Bonchev–Trinajstić information content (AvgIpc) is 3.03. The second-order valence-corrected chi connectivity index (χ2v) is 11.0. The number of carbonyl (C=O) groups is 2. The SMILES string of the molecule is CC(C)(C)c1cc2c(cc1O)CC[C@@](C)(COc1ccc(C[C@@H]3SC(=O)NC3=O)cc1)O2. The standard InChI is InChI=1S/C25H29NO5S/c1-24(2,3)18-13-20-16(12-19(18)27)9-10-25(4,31-20)14-30-17-7-5-15(6-8-17)11-21-22(28)26-23(29)32-21/h5-8,12-13,21,27H,9-11,14H2,1-4H3,(H,26,28,29)/t21-,25-/m0/s1. The first-order valence-corrected chi connectivity index (χ1v) is 11.7. The second kappa shape index (κ2) is 8.35. The van der Waals surface area contributed by atoms with Crippen LogP contribution in [-0.2, 0) is 23.1 Å². The zero-order valence-electron chi connectivity index (χ0n) is 18.9. The Bertz CT molecular complexity index is 1040. The quantitative estimate of drug-likeness (QED) is 0.677. The van der Waals surface area contributed by atoms with Gasteiger partial charge in [0.05, 0.1) is 5.25 Å². The number of phenolic OH excluding ortho intramolecular Hbond substituents is 1. The first-order valence-electron chi connectivity index (χ1n) is 10.8. The molecule has 7 heteroatoms. The summed E-state index contributed by atoms with van der Waals surface area (Å²) in [4.78, 5) is 23.1. The van der Waals surface area contributed by atoms with Crippen LogP contribution in [0.15, 0.2) is 36.4 Å². The van der Waals surface area contributed by atoms with Crippen LogP contribution in [0.4, 0.5) is 4.79 Å². The van der Waals surface area contributed by atoms with Crippen LogP contribution in [0.1, 0.15) is 50.8 Å². The highest BCUT2D eigenvalue weighted by Crippen LogP contribution is 2.41. The summed E-state index contributed by atoms with van der Waals surface area (Å²) in [6, 6.07) is 11.4. The molecule has 0 radical (unpaired) electrons. The van der Waals surface area contributed by atoms with Gasteiger partial charge in [-0.3, -0.25) is 14.9 Å². The fourth-order valence-corrected chi connectivity index (χ4v) is 4.88. The summed E-state index contributed by atoms with van der Waals surface area (Å²) in [5.41, 5.74) is 2.21. The minimum Gasteiger partial charge on any atom is -0.508 e. The molecule has 4 rings (SSSR count). The number of carbonyl (C=O) groups excluding carboxylic acids is 2. The Hall–Kier alpha value is -2.67. The molecular formula is C25H29NO5S. The number of hydrogen-bond acceptors (Lipinski definition) is 6. The average molecular weight is 456 g/mol. The summed E-state index contributed by atoms with van der Waals surface area (Å²) >= 11 is 1.04. The number of fused-ring (bicyclic) bond motifs is 1. The zero-order valence-corrected chi connectivity index (χ0v) is 19.7. The van der Waals surface area contributed by atoms with Crippen molar-refractivity contribution in [2.75, 3.05) is 6.61 Å². The number of aromatic hydroxyl groups is 1. The Balaban J connectivity index is 1.39. The van der Waals surface area contributed by atoms with E-state index in [9.17, 15) is 14.7 Å². The lowest BCUT2D eigenvalue weighted by Gasteiger charge is -2.36. The largest absolute Gasteiger partial charge is 0.508 e. The number of nitrogens with one attached hydrogen (secondary N) is 1. The summed E-state index contributed by atoms with van der Waals surface area (Å²) in [7, 11) is 0. The number of aryl methyl sites for hydroxylation is 1. The molecule has 2 amide bonds. The van der Waals surface area contributed by atoms with Crippen LogP contribution in [0.3, 0.4) is 0 Å². The molecule has 170 valence electrons. The van der Waals surface area contributed by atoms with Gasteiger partial charge >= 0.3 is 0 Å². The van der Waals surface area contributed by atoms with E-state index in [1.54, 1.807) is 0 Å². The van der Waals surface area contributed by atoms with E-state index >= 15 is 0 Å². The highest BCUT2D eigenvalue weighted by Gasteiger charge is 2.34. The van der Waals surface area contributed by atoms with Gasteiger partial charge in [0.1, 0.15) is 29.5 Å². The molecule has 0 aliphatic carbocycles. The Morgan fingerprint density at radius 3 is 2.56 bits per heavy atom. The molecule has 1 saturated heterocycles. The van der Waals surface area contributed by atoms with Crippen LogP contribution in [0, 0.1) is 0 Å². The monoisotopic (exact) mass is 455 g/mol. The van der Waals surface area contributed by atoms with Crippen molar-refractivity contribution in [2.45, 2.75) is 63.2 Å². The van der Waals surface area contributed by atoms with E-state index in [1.165, 1.54) is 0 Å². The van der Waals surface area contributed by atoms with Crippen molar-refractivity contribution in [3.8, 4) is 17.2 Å². The minimum atomic E-state index is -0.475. The van der Waals surface area contributed by atoms with Gasteiger partial charge in [0.25, 0.3) is 5.24 Å². The molecule has 2 aromatic rings. The minimum absolute atomic E-state index is 0.181. The van der Waals surface area contributed by atoms with E-state index in [0.29, 0.717) is 18.8 Å². The number of hydrogen-bond donors (Lipinski definition) is 2. The second-order valence-electron chi connectivity index (χ2n) is 9.80. The molecule has 2 N–H and O–H groups in total. The van der Waals surface area contributed by atoms with Crippen LogP contribution in [0.2, 0.25) is 0 Å². The van der Waals surface area contributed by atoms with Crippen molar-refractivity contribution in [3.63, 3.8) is 0 Å². The first kappa shape index (κ1) is 22.5. The number of ether oxygens (including phenoxy) is 2. The number of benzene rings is 2. The fraction of sp³-hybridized carbons (Fsp3) is 0.440. The number of phenols is 1. The van der Waals surface area contributed by atoms with Crippen molar-refractivity contribution in [2.24, 2.45) is 0 Å². The Kier molecular flexibility index (Phi) is 5.88. The van der Waals surface area contributed by atoms with Gasteiger partial charge in [-0.1, -0.05) is 44.7 Å². The van der Waals surface area contributed by atoms with Crippen molar-refractivity contribution >= 4 is 22.9 Å². The molecule has 0 saturated carbocycles. The summed E-state index contributed by atoms with van der Waals surface area (Å²) in [5.74, 6) is 1.62. The molecule has 1 fully saturated rings. The third kappa shape index (κ3) is 4.88. The highest BCUT2D eigenvalue weighted by atomic mass is 32.2. The molecule has 0 unspecified atom stereocenters. The van der Waals surface area contributed by atoms with Crippen LogP contribution < -0.4 is 14.8 Å². The zero-order chi connectivity index (χ0) is 23.1. The predicted molar refractivity (Wildman–Crippen MR) is 125 cm³/mol. The molecule has 32 heavy (non-hydrogen) atoms. The van der Waals surface area contributed by atoms with Crippen molar-refractivity contribution in [3.05, 3.63) is 53.1 Å². The molecule has 2 aromatic carbocycles. The van der Waals surface area contributed by atoms with Crippen molar-refractivity contribution in [1.82, 2.24) is 5.32 Å². The van der Waals surface area contributed by atoms with Gasteiger partial charge in [0, 0.05) is 5.56 Å². The van der Waals surface area contributed by atoms with Crippen LogP contribution >= 0.6 is 11.8 Å². The van der Waals surface area contributed by atoms with Gasteiger partial charge in [0.15, 0.2) is 0 Å². The van der Waals surface area contributed by atoms with Gasteiger partial charge < -0.3 is 14.6 Å². The van der Waals surface area contributed by atoms with E-state index in [-0.39, 0.29) is 21.8 Å². The molecule has 0 bridgehead atoms. The van der Waals surface area contributed by atoms with E-state index in [1.807, 2.05) is 43.3 Å². The number of imide groups is 1. The van der Waals surface area contributed by atoms with E-state index in [0.717, 1.165) is 52.8 Å². The molecule has 2 atom stereocenters. The highest BCUT2D eigenvalue weighted by molar-refractivity contribution is 8.15. The molecule has 2 aliphatic rings. The third-order valence-corrected chi connectivity index (χ3v) is 6.90.